The number of thiophene rings is 1. The molecule has 2 aliphatic rings. The van der Waals surface area contributed by atoms with Gasteiger partial charge in [0.1, 0.15) is 10.7 Å². The second-order valence-electron chi connectivity index (χ2n) is 7.75. The van der Waals surface area contributed by atoms with Gasteiger partial charge >= 0.3 is 0 Å². The summed E-state index contributed by atoms with van der Waals surface area (Å²) < 4.78 is 48.3. The maximum atomic E-state index is 13.7. The molecule has 1 fully saturated rings. The number of carbonyl (C=O) groups excluding carboxylic acids is 1. The second-order valence-corrected chi connectivity index (χ2v) is 10.6. The molecular formula is C22H21FN2O4S2. The zero-order valence-corrected chi connectivity index (χ0v) is 18.2. The van der Waals surface area contributed by atoms with Crippen LogP contribution in [0.25, 0.3) is 10.1 Å². The van der Waals surface area contributed by atoms with E-state index in [0.717, 1.165) is 22.1 Å². The van der Waals surface area contributed by atoms with Crippen LogP contribution in [0.1, 0.15) is 18.4 Å². The Balaban J connectivity index is 1.38. The van der Waals surface area contributed by atoms with E-state index in [2.05, 4.69) is 0 Å². The van der Waals surface area contributed by atoms with Crippen molar-refractivity contribution in [2.45, 2.75) is 36.6 Å². The summed E-state index contributed by atoms with van der Waals surface area (Å²) in [4.78, 5) is 13.9. The summed E-state index contributed by atoms with van der Waals surface area (Å²) in [7, 11) is -3.61. The van der Waals surface area contributed by atoms with E-state index in [4.69, 9.17) is 4.74 Å². The molecule has 0 bridgehead atoms. The maximum Gasteiger partial charge on any atom is 0.244 e. The summed E-state index contributed by atoms with van der Waals surface area (Å²) in [6.45, 7) is 0.858. The standard InChI is InChI=1S/C22H21FN2O4S2/c23-16-5-6-19-15(11-16)13-29-22(12-26)25(19)17-7-9-24(10-8-17)31(27,28)21-14-30-20-4-2-1-3-18(20)21/h1-6,11-12,14,17,22H,7-10,13H2. The molecule has 31 heavy (non-hydrogen) atoms. The van der Waals surface area contributed by atoms with E-state index in [1.54, 1.807) is 11.4 Å². The Labute approximate surface area is 183 Å². The lowest BCUT2D eigenvalue weighted by molar-refractivity contribution is -0.120. The summed E-state index contributed by atoms with van der Waals surface area (Å²) >= 11 is 1.42. The van der Waals surface area contributed by atoms with E-state index in [-0.39, 0.29) is 18.5 Å². The molecule has 162 valence electrons. The Morgan fingerprint density at radius 2 is 1.90 bits per heavy atom. The van der Waals surface area contributed by atoms with Gasteiger partial charge in [-0.25, -0.2) is 12.8 Å². The third kappa shape index (κ3) is 3.55. The van der Waals surface area contributed by atoms with Crippen molar-refractivity contribution in [3.8, 4) is 0 Å². The summed E-state index contributed by atoms with van der Waals surface area (Å²) in [6, 6.07) is 11.9. The average Bonchev–Trinajstić information content (AvgIpc) is 3.23. The molecule has 0 N–H and O–H groups in total. The van der Waals surface area contributed by atoms with Gasteiger partial charge in [0.15, 0.2) is 12.5 Å². The Hall–Kier alpha value is -2.33. The molecule has 2 aliphatic heterocycles. The Kier molecular flexibility index (Phi) is 5.29. The van der Waals surface area contributed by atoms with E-state index < -0.39 is 16.3 Å². The maximum absolute atomic E-state index is 13.7. The quantitative estimate of drug-likeness (QED) is 0.555. The number of hydrogen-bond donors (Lipinski definition) is 0. The second kappa shape index (κ2) is 7.98. The number of aldehydes is 1. The van der Waals surface area contributed by atoms with Gasteiger partial charge in [0.05, 0.1) is 6.61 Å². The number of anilines is 1. The average molecular weight is 461 g/mol. The predicted molar refractivity (Wildman–Crippen MR) is 117 cm³/mol. The number of ether oxygens (including phenoxy) is 1. The van der Waals surface area contributed by atoms with Crippen molar-refractivity contribution in [1.82, 2.24) is 4.31 Å². The monoisotopic (exact) mass is 460 g/mol. The van der Waals surface area contributed by atoms with Crippen LogP contribution in [0.3, 0.4) is 0 Å². The first kappa shape index (κ1) is 20.6. The highest BCUT2D eigenvalue weighted by atomic mass is 32.2. The van der Waals surface area contributed by atoms with Gasteiger partial charge in [0.25, 0.3) is 0 Å². The van der Waals surface area contributed by atoms with E-state index >= 15 is 0 Å². The van der Waals surface area contributed by atoms with Gasteiger partial charge in [-0.1, -0.05) is 18.2 Å². The lowest BCUT2D eigenvalue weighted by Crippen LogP contribution is -2.53. The fourth-order valence-electron chi connectivity index (χ4n) is 4.48. The molecule has 1 saturated heterocycles. The summed E-state index contributed by atoms with van der Waals surface area (Å²) in [6.07, 6.45) is 1.08. The predicted octanol–water partition coefficient (Wildman–Crippen LogP) is 3.76. The van der Waals surface area contributed by atoms with E-state index in [0.29, 0.717) is 36.4 Å². The van der Waals surface area contributed by atoms with Crippen molar-refractivity contribution in [2.75, 3.05) is 18.0 Å². The van der Waals surface area contributed by atoms with Gasteiger partial charge < -0.3 is 9.64 Å². The first-order valence-electron chi connectivity index (χ1n) is 10.1. The van der Waals surface area contributed by atoms with Crippen LogP contribution in [0.2, 0.25) is 0 Å². The molecule has 6 nitrogen and oxygen atoms in total. The highest BCUT2D eigenvalue weighted by Crippen LogP contribution is 2.36. The lowest BCUT2D eigenvalue weighted by Gasteiger charge is -2.44. The lowest BCUT2D eigenvalue weighted by atomic mass is 10.0. The van der Waals surface area contributed by atoms with Crippen LogP contribution in [0.5, 0.6) is 0 Å². The molecule has 5 rings (SSSR count). The van der Waals surface area contributed by atoms with Gasteiger partial charge in [0.2, 0.25) is 10.0 Å². The van der Waals surface area contributed by atoms with Crippen LogP contribution >= 0.6 is 11.3 Å². The minimum Gasteiger partial charge on any atom is -0.346 e. The number of halogens is 1. The topological polar surface area (TPSA) is 66.9 Å². The molecule has 0 aliphatic carbocycles. The van der Waals surface area contributed by atoms with Crippen LogP contribution in [0.15, 0.2) is 52.7 Å². The Morgan fingerprint density at radius 1 is 1.13 bits per heavy atom. The summed E-state index contributed by atoms with van der Waals surface area (Å²) in [5.41, 5.74) is 1.47. The molecule has 1 unspecified atom stereocenters. The van der Waals surface area contributed by atoms with Crippen LogP contribution < -0.4 is 4.90 Å². The van der Waals surface area contributed by atoms with Crippen molar-refractivity contribution in [3.05, 3.63) is 59.2 Å². The first-order chi connectivity index (χ1) is 15.0. The molecule has 3 heterocycles. The van der Waals surface area contributed by atoms with Crippen LogP contribution in [-0.2, 0) is 26.2 Å². The highest BCUT2D eigenvalue weighted by molar-refractivity contribution is 7.89. The smallest absolute Gasteiger partial charge is 0.244 e. The number of nitrogens with zero attached hydrogens (tertiary/aromatic N) is 2. The number of piperidine rings is 1. The molecule has 0 amide bonds. The third-order valence-electron chi connectivity index (χ3n) is 6.00. The number of fused-ring (bicyclic) bond motifs is 2. The molecule has 0 spiro atoms. The minimum atomic E-state index is -3.61. The fourth-order valence-corrected chi connectivity index (χ4v) is 7.42. The number of rotatable bonds is 4. The van der Waals surface area contributed by atoms with Gasteiger partial charge in [0, 0.05) is 45.8 Å². The van der Waals surface area contributed by atoms with E-state index in [1.165, 1.54) is 27.8 Å². The van der Waals surface area contributed by atoms with E-state index in [1.807, 2.05) is 29.2 Å². The van der Waals surface area contributed by atoms with Crippen molar-refractivity contribution < 1.29 is 22.3 Å². The summed E-state index contributed by atoms with van der Waals surface area (Å²) in [5, 5.41) is 2.45. The zero-order chi connectivity index (χ0) is 21.6. The van der Waals surface area contributed by atoms with Crippen molar-refractivity contribution >= 4 is 43.4 Å². The van der Waals surface area contributed by atoms with Crippen molar-refractivity contribution in [1.29, 1.82) is 0 Å². The number of benzene rings is 2. The van der Waals surface area contributed by atoms with Crippen LogP contribution in [-0.4, -0.2) is 44.4 Å². The SMILES string of the molecule is O=CC1OCc2cc(F)ccc2N1C1CCN(S(=O)(=O)c2csc3ccccc23)CC1. The Morgan fingerprint density at radius 3 is 2.68 bits per heavy atom. The molecule has 0 radical (unpaired) electrons. The molecule has 3 aromatic rings. The molecule has 2 aromatic carbocycles. The molecular weight excluding hydrogens is 439 g/mol. The van der Waals surface area contributed by atoms with Crippen LogP contribution in [0.4, 0.5) is 10.1 Å². The van der Waals surface area contributed by atoms with Crippen molar-refractivity contribution in [3.63, 3.8) is 0 Å². The van der Waals surface area contributed by atoms with Crippen LogP contribution in [0, 0.1) is 5.82 Å². The van der Waals surface area contributed by atoms with Gasteiger partial charge in [-0.15, -0.1) is 11.3 Å². The number of hydrogen-bond acceptors (Lipinski definition) is 6. The fraction of sp³-hybridized carbons (Fsp3) is 0.318. The van der Waals surface area contributed by atoms with Gasteiger partial charge in [-0.2, -0.15) is 4.31 Å². The largest absolute Gasteiger partial charge is 0.346 e. The highest BCUT2D eigenvalue weighted by Gasteiger charge is 2.37. The van der Waals surface area contributed by atoms with Gasteiger partial charge in [-0.3, -0.25) is 4.79 Å². The first-order valence-corrected chi connectivity index (χ1v) is 12.4. The summed E-state index contributed by atoms with van der Waals surface area (Å²) in [5.74, 6) is -0.351. The van der Waals surface area contributed by atoms with E-state index in [9.17, 15) is 17.6 Å². The Bertz CT molecular complexity index is 1240. The molecule has 9 heteroatoms. The molecule has 1 atom stereocenters. The van der Waals surface area contributed by atoms with Gasteiger partial charge in [-0.05, 0) is 37.1 Å². The van der Waals surface area contributed by atoms with Crippen molar-refractivity contribution in [2.24, 2.45) is 0 Å². The normalized spacial score (nSPS) is 20.7. The third-order valence-corrected chi connectivity index (χ3v) is 9.05. The number of carbonyl (C=O) groups is 1. The molecule has 1 aromatic heterocycles. The molecule has 0 saturated carbocycles. The minimum absolute atomic E-state index is 0.0784. The number of sulfonamides is 1. The zero-order valence-electron chi connectivity index (χ0n) is 16.6.